The Labute approximate surface area is 607 Å². The fraction of sp³-hybridized carbons (Fsp3) is 0.686. The quantitative estimate of drug-likeness (QED) is 0.0204. The Morgan fingerprint density at radius 1 is 0.370 bits per heavy atom. The number of ether oxygens (including phenoxy) is 4. The summed E-state index contributed by atoms with van der Waals surface area (Å²) in [4.78, 5) is 13.4. The Morgan fingerprint density at radius 2 is 0.700 bits per heavy atom. The molecule has 1 amide bonds. The lowest BCUT2D eigenvalue weighted by Gasteiger charge is -2.46. The lowest BCUT2D eigenvalue weighted by atomic mass is 9.97. The van der Waals surface area contributed by atoms with Crippen LogP contribution in [0.4, 0.5) is 0 Å². The molecule has 9 N–H and O–H groups in total. The molecule has 570 valence electrons. The Kier molecular flexibility index (Phi) is 62.1. The van der Waals surface area contributed by atoms with Gasteiger partial charge in [0.2, 0.25) is 5.91 Å². The van der Waals surface area contributed by atoms with Crippen LogP contribution in [0, 0.1) is 0 Å². The topological polar surface area (TPSA) is 228 Å². The first kappa shape index (κ1) is 91.7. The Morgan fingerprint density at radius 3 is 1.10 bits per heavy atom. The third kappa shape index (κ3) is 50.1. The van der Waals surface area contributed by atoms with Crippen LogP contribution >= 0.6 is 0 Å². The number of carbonyl (C=O) groups excluding carboxylic acids is 1. The zero-order valence-corrected chi connectivity index (χ0v) is 62.4. The van der Waals surface area contributed by atoms with E-state index in [4.69, 9.17) is 18.9 Å². The van der Waals surface area contributed by atoms with Crippen molar-refractivity contribution in [2.24, 2.45) is 0 Å². The molecule has 2 aliphatic heterocycles. The van der Waals surface area contributed by atoms with Crippen LogP contribution in [-0.2, 0) is 23.7 Å². The Hall–Kier alpha value is -4.39. The minimum absolute atomic E-state index is 0.250. The van der Waals surface area contributed by atoms with Gasteiger partial charge >= 0.3 is 0 Å². The normalized spacial score (nSPS) is 22.7. The molecular weight excluding hydrogens is 1250 g/mol. The average Bonchev–Trinajstić information content (AvgIpc) is 0.796. The van der Waals surface area contributed by atoms with E-state index in [1.165, 1.54) is 128 Å². The molecule has 0 aliphatic carbocycles. The molecule has 12 unspecified atom stereocenters. The summed E-state index contributed by atoms with van der Waals surface area (Å²) in [5, 5.41) is 87.6. The monoisotopic (exact) mass is 1400 g/mol. The standard InChI is InChI=1S/C86H143NO13/c1-3-5-7-9-11-13-15-17-19-21-23-25-27-29-31-32-33-34-35-36-37-38-39-40-41-42-44-46-48-50-52-54-56-58-60-62-64-66-68-70-78(91)87-74(73-97-85-83(96)81(94)84(77(72-89)99-85)100-86-82(95)80(93)79(92)76(71-88)98-86)75(90)69-67-65-63-61-59-57-55-53-51-49-47-45-43-30-28-26-24-22-20-18-16-14-12-10-8-6-4-2/h5,7,11,13,17,19,23,25,29,31,33-34,36-37,39-40,42,44,48,50-51,53,59,61,67,69,74-77,79-86,88-90,92-96H,3-4,6,8-10,12,14-16,18,20-22,24,26-28,30,32,35,38,41,43,45-47,49,52,54-58,60,62-66,68,70-73H2,1-2H3,(H,87,91)/b7-5-,13-11-,19-17-,25-23-,31-29-,34-33-,37-36-,40-39-,44-42-,50-48-,53-51+,61-59+,69-67+. The van der Waals surface area contributed by atoms with Gasteiger partial charge in [0.25, 0.3) is 0 Å². The molecule has 0 radical (unpaired) electrons. The van der Waals surface area contributed by atoms with Gasteiger partial charge < -0.3 is 65.1 Å². The van der Waals surface area contributed by atoms with Crippen LogP contribution in [0.15, 0.2) is 158 Å². The lowest BCUT2D eigenvalue weighted by Crippen LogP contribution is -2.65. The van der Waals surface area contributed by atoms with Gasteiger partial charge in [-0.05, 0) is 122 Å². The molecule has 2 fully saturated rings. The molecular formula is C86H143NO13. The number of hydrogen-bond donors (Lipinski definition) is 9. The molecule has 0 bridgehead atoms. The van der Waals surface area contributed by atoms with E-state index in [0.717, 1.165) is 122 Å². The second-order valence-corrected chi connectivity index (χ2v) is 27.1. The van der Waals surface area contributed by atoms with Crippen molar-refractivity contribution in [1.82, 2.24) is 5.32 Å². The SMILES string of the molecule is CC/C=C\C/C=C\C/C=C\C/C=C\C/C=C\C/C=C\C/C=C\C/C=C\C/C=C\C/C=C\CCCCCCCCCCC(=O)NC(COC1OC(CO)C(OC2OC(CO)C(O)C(O)C2O)C(O)C1O)C(O)/C=C/CC/C=C/CC/C=C/CCCCCCCCCCCCCCCCCCC. The highest BCUT2D eigenvalue weighted by Gasteiger charge is 2.51. The number of hydrogen-bond acceptors (Lipinski definition) is 13. The summed E-state index contributed by atoms with van der Waals surface area (Å²) < 4.78 is 22.9. The van der Waals surface area contributed by atoms with Crippen molar-refractivity contribution in [3.05, 3.63) is 158 Å². The molecule has 100 heavy (non-hydrogen) atoms. The molecule has 2 rings (SSSR count). The number of aliphatic hydroxyl groups excluding tert-OH is 8. The van der Waals surface area contributed by atoms with Crippen LogP contribution in [0.5, 0.6) is 0 Å². The third-order valence-electron chi connectivity index (χ3n) is 18.2. The summed E-state index contributed by atoms with van der Waals surface area (Å²) in [5.74, 6) is -0.266. The van der Waals surface area contributed by atoms with E-state index in [1.807, 2.05) is 6.08 Å². The van der Waals surface area contributed by atoms with Gasteiger partial charge in [0, 0.05) is 6.42 Å². The number of amides is 1. The number of carbonyl (C=O) groups is 1. The van der Waals surface area contributed by atoms with Gasteiger partial charge in [-0.2, -0.15) is 0 Å². The van der Waals surface area contributed by atoms with Crippen LogP contribution < -0.4 is 5.32 Å². The molecule has 0 aromatic carbocycles. The van der Waals surface area contributed by atoms with Crippen molar-refractivity contribution in [2.75, 3.05) is 19.8 Å². The number of aliphatic hydroxyl groups is 8. The highest BCUT2D eigenvalue weighted by molar-refractivity contribution is 5.76. The first-order chi connectivity index (χ1) is 49.1. The molecule has 0 saturated carbocycles. The summed E-state index contributed by atoms with van der Waals surface area (Å²) in [7, 11) is 0. The van der Waals surface area contributed by atoms with Crippen LogP contribution in [0.3, 0.4) is 0 Å². The van der Waals surface area contributed by atoms with Gasteiger partial charge in [0.15, 0.2) is 12.6 Å². The van der Waals surface area contributed by atoms with Gasteiger partial charge in [0.05, 0.1) is 32.0 Å². The highest BCUT2D eigenvalue weighted by Crippen LogP contribution is 2.30. The lowest BCUT2D eigenvalue weighted by molar-refractivity contribution is -0.359. The van der Waals surface area contributed by atoms with E-state index in [0.29, 0.717) is 12.8 Å². The van der Waals surface area contributed by atoms with E-state index < -0.39 is 86.8 Å². The predicted octanol–water partition coefficient (Wildman–Crippen LogP) is 18.1. The van der Waals surface area contributed by atoms with Crippen LogP contribution in [-0.4, -0.2) is 140 Å². The van der Waals surface area contributed by atoms with E-state index >= 15 is 0 Å². The molecule has 0 aromatic heterocycles. The maximum Gasteiger partial charge on any atom is 0.220 e. The van der Waals surface area contributed by atoms with Crippen molar-refractivity contribution < 1.29 is 64.6 Å². The molecule has 2 aliphatic rings. The van der Waals surface area contributed by atoms with E-state index in [-0.39, 0.29) is 18.9 Å². The number of nitrogens with one attached hydrogen (secondary N) is 1. The summed E-state index contributed by atoms with van der Waals surface area (Å²) in [6.45, 7) is 2.67. The molecule has 2 heterocycles. The summed E-state index contributed by atoms with van der Waals surface area (Å²) in [6.07, 6.45) is 87.4. The molecule has 14 nitrogen and oxygen atoms in total. The number of rotatable bonds is 64. The van der Waals surface area contributed by atoms with Crippen molar-refractivity contribution in [2.45, 2.75) is 357 Å². The van der Waals surface area contributed by atoms with E-state index in [1.54, 1.807) is 6.08 Å². The zero-order valence-electron chi connectivity index (χ0n) is 62.4. The molecule has 0 spiro atoms. The van der Waals surface area contributed by atoms with Crippen LogP contribution in [0.25, 0.3) is 0 Å². The molecule has 2 saturated heterocycles. The minimum atomic E-state index is -1.80. The maximum atomic E-state index is 13.4. The fourth-order valence-electron chi connectivity index (χ4n) is 11.9. The molecule has 14 heteroatoms. The zero-order chi connectivity index (χ0) is 72.2. The van der Waals surface area contributed by atoms with Gasteiger partial charge in [-0.25, -0.2) is 0 Å². The molecule has 0 aromatic rings. The predicted molar refractivity (Wildman–Crippen MR) is 414 cm³/mol. The van der Waals surface area contributed by atoms with Crippen molar-refractivity contribution in [3.8, 4) is 0 Å². The summed E-state index contributed by atoms with van der Waals surface area (Å²) in [5.41, 5.74) is 0. The van der Waals surface area contributed by atoms with Crippen molar-refractivity contribution in [3.63, 3.8) is 0 Å². The van der Waals surface area contributed by atoms with E-state index in [2.05, 4.69) is 165 Å². The number of allylic oxidation sites excluding steroid dienone is 25. The number of unbranched alkanes of at least 4 members (excludes halogenated alkanes) is 27. The first-order valence-electron chi connectivity index (χ1n) is 39.7. The summed E-state index contributed by atoms with van der Waals surface area (Å²) >= 11 is 0. The van der Waals surface area contributed by atoms with Crippen LogP contribution in [0.1, 0.15) is 284 Å². The minimum Gasteiger partial charge on any atom is -0.394 e. The smallest absolute Gasteiger partial charge is 0.220 e. The van der Waals surface area contributed by atoms with Crippen molar-refractivity contribution in [1.29, 1.82) is 0 Å². The molecule has 12 atom stereocenters. The second kappa shape index (κ2) is 67.8. The first-order valence-corrected chi connectivity index (χ1v) is 39.7. The largest absolute Gasteiger partial charge is 0.394 e. The van der Waals surface area contributed by atoms with Gasteiger partial charge in [-0.1, -0.05) is 313 Å². The van der Waals surface area contributed by atoms with Gasteiger partial charge in [-0.15, -0.1) is 0 Å². The Balaban J connectivity index is 1.66. The average molecular weight is 1400 g/mol. The van der Waals surface area contributed by atoms with Crippen molar-refractivity contribution >= 4 is 5.91 Å². The van der Waals surface area contributed by atoms with E-state index in [9.17, 15) is 45.6 Å². The summed E-state index contributed by atoms with van der Waals surface area (Å²) in [6, 6.07) is -0.956. The third-order valence-corrected chi connectivity index (χ3v) is 18.2. The van der Waals surface area contributed by atoms with Crippen LogP contribution in [0.2, 0.25) is 0 Å². The highest BCUT2D eigenvalue weighted by atomic mass is 16.7. The second-order valence-electron chi connectivity index (χ2n) is 27.1. The fourth-order valence-corrected chi connectivity index (χ4v) is 11.9. The van der Waals surface area contributed by atoms with Gasteiger partial charge in [0.1, 0.15) is 48.8 Å². The Bertz CT molecular complexity index is 2290. The van der Waals surface area contributed by atoms with Gasteiger partial charge in [-0.3, -0.25) is 4.79 Å². The maximum absolute atomic E-state index is 13.4.